The summed E-state index contributed by atoms with van der Waals surface area (Å²) in [4.78, 5) is 4.74. The average molecular weight is 261 g/mol. The Hall–Kier alpha value is -1.55. The minimum atomic E-state index is 0.399. The Morgan fingerprint density at radius 2 is 2.16 bits per heavy atom. The van der Waals surface area contributed by atoms with Crippen LogP contribution < -0.4 is 10.5 Å². The predicted octanol–water partition coefficient (Wildman–Crippen LogP) is 2.91. The molecule has 0 fully saturated rings. The van der Waals surface area contributed by atoms with Crippen molar-refractivity contribution in [1.82, 2.24) is 9.55 Å². The quantitative estimate of drug-likeness (QED) is 0.870. The van der Waals surface area contributed by atoms with E-state index in [4.69, 9.17) is 15.5 Å². The van der Waals surface area contributed by atoms with Crippen LogP contribution in [0.5, 0.6) is 5.75 Å². The summed E-state index contributed by atoms with van der Waals surface area (Å²) in [7, 11) is 0. The third-order valence-electron chi connectivity index (χ3n) is 3.17. The van der Waals surface area contributed by atoms with Crippen molar-refractivity contribution in [2.24, 2.45) is 5.73 Å². The number of ether oxygens (including phenoxy) is 1. The highest BCUT2D eigenvalue weighted by atomic mass is 16.5. The van der Waals surface area contributed by atoms with Gasteiger partial charge in [-0.15, -0.1) is 0 Å². The lowest BCUT2D eigenvalue weighted by atomic mass is 10.2. The first kappa shape index (κ1) is 13.9. The first-order chi connectivity index (χ1) is 9.17. The van der Waals surface area contributed by atoms with E-state index in [1.807, 2.05) is 19.1 Å². The highest BCUT2D eigenvalue weighted by molar-refractivity contribution is 5.78. The SMILES string of the molecule is CCOc1ccc2c(c1)nc(CCCN)n2C(C)C. The molecule has 0 atom stereocenters. The van der Waals surface area contributed by atoms with E-state index in [1.54, 1.807) is 0 Å². The Morgan fingerprint density at radius 3 is 2.79 bits per heavy atom. The summed E-state index contributed by atoms with van der Waals surface area (Å²) >= 11 is 0. The van der Waals surface area contributed by atoms with Crippen LogP contribution in [0.3, 0.4) is 0 Å². The van der Waals surface area contributed by atoms with E-state index in [0.29, 0.717) is 19.2 Å². The van der Waals surface area contributed by atoms with E-state index in [1.165, 1.54) is 5.52 Å². The van der Waals surface area contributed by atoms with Gasteiger partial charge in [-0.25, -0.2) is 4.98 Å². The Kier molecular flexibility index (Phi) is 4.43. The highest BCUT2D eigenvalue weighted by Gasteiger charge is 2.13. The van der Waals surface area contributed by atoms with Gasteiger partial charge in [-0.05, 0) is 45.9 Å². The molecule has 2 aromatic rings. The van der Waals surface area contributed by atoms with Crippen molar-refractivity contribution in [3.8, 4) is 5.75 Å². The zero-order valence-electron chi connectivity index (χ0n) is 12.0. The number of fused-ring (bicyclic) bond motifs is 1. The van der Waals surface area contributed by atoms with Crippen LogP contribution in [-0.2, 0) is 6.42 Å². The second kappa shape index (κ2) is 6.06. The van der Waals surface area contributed by atoms with Crippen LogP contribution in [-0.4, -0.2) is 22.7 Å². The molecule has 0 radical (unpaired) electrons. The van der Waals surface area contributed by atoms with Gasteiger partial charge in [-0.2, -0.15) is 0 Å². The normalized spacial score (nSPS) is 11.4. The minimum absolute atomic E-state index is 0.399. The lowest BCUT2D eigenvalue weighted by molar-refractivity contribution is 0.340. The molecule has 1 aromatic heterocycles. The van der Waals surface area contributed by atoms with Gasteiger partial charge in [0, 0.05) is 18.5 Å². The van der Waals surface area contributed by atoms with Crippen molar-refractivity contribution >= 4 is 11.0 Å². The third kappa shape index (κ3) is 2.89. The van der Waals surface area contributed by atoms with Crippen molar-refractivity contribution in [2.75, 3.05) is 13.2 Å². The topological polar surface area (TPSA) is 53.1 Å². The lowest BCUT2D eigenvalue weighted by Gasteiger charge is -2.13. The van der Waals surface area contributed by atoms with Crippen LogP contribution in [0, 0.1) is 0 Å². The number of hydrogen-bond acceptors (Lipinski definition) is 3. The first-order valence-corrected chi connectivity index (χ1v) is 7.01. The summed E-state index contributed by atoms with van der Waals surface area (Å²) in [5.74, 6) is 2.00. The fourth-order valence-corrected chi connectivity index (χ4v) is 2.40. The number of benzene rings is 1. The van der Waals surface area contributed by atoms with Gasteiger partial charge in [0.1, 0.15) is 11.6 Å². The third-order valence-corrected chi connectivity index (χ3v) is 3.17. The lowest BCUT2D eigenvalue weighted by Crippen LogP contribution is -2.09. The first-order valence-electron chi connectivity index (χ1n) is 7.01. The number of nitrogens with two attached hydrogens (primary N) is 1. The molecule has 0 saturated carbocycles. The van der Waals surface area contributed by atoms with E-state index in [2.05, 4.69) is 24.5 Å². The molecule has 0 spiro atoms. The van der Waals surface area contributed by atoms with E-state index in [9.17, 15) is 0 Å². The van der Waals surface area contributed by atoms with Gasteiger partial charge in [0.25, 0.3) is 0 Å². The van der Waals surface area contributed by atoms with E-state index in [-0.39, 0.29) is 0 Å². The summed E-state index contributed by atoms with van der Waals surface area (Å²) in [5.41, 5.74) is 7.78. The maximum absolute atomic E-state index is 5.60. The van der Waals surface area contributed by atoms with Crippen molar-refractivity contribution in [2.45, 2.75) is 39.7 Å². The molecule has 2 rings (SSSR count). The Balaban J connectivity index is 2.46. The fourth-order valence-electron chi connectivity index (χ4n) is 2.40. The highest BCUT2D eigenvalue weighted by Crippen LogP contribution is 2.25. The number of aromatic nitrogens is 2. The van der Waals surface area contributed by atoms with Crippen molar-refractivity contribution < 1.29 is 4.74 Å². The molecule has 0 aliphatic carbocycles. The summed E-state index contributed by atoms with van der Waals surface area (Å²) < 4.78 is 7.83. The van der Waals surface area contributed by atoms with Gasteiger partial charge in [-0.3, -0.25) is 0 Å². The summed E-state index contributed by atoms with van der Waals surface area (Å²) in [6.07, 6.45) is 1.89. The standard InChI is InChI=1S/C15H23N3O/c1-4-19-12-7-8-14-13(10-12)17-15(6-5-9-16)18(14)11(2)3/h7-8,10-11H,4-6,9,16H2,1-3H3. The summed E-state index contributed by atoms with van der Waals surface area (Å²) in [6, 6.07) is 6.53. The van der Waals surface area contributed by atoms with Gasteiger partial charge < -0.3 is 15.0 Å². The number of nitrogens with zero attached hydrogens (tertiary/aromatic N) is 2. The Morgan fingerprint density at radius 1 is 1.37 bits per heavy atom. The molecule has 0 aliphatic rings. The molecule has 0 amide bonds. The molecular formula is C15H23N3O. The largest absolute Gasteiger partial charge is 0.494 e. The average Bonchev–Trinajstić information content (AvgIpc) is 2.74. The molecule has 1 aromatic carbocycles. The van der Waals surface area contributed by atoms with Crippen molar-refractivity contribution in [3.63, 3.8) is 0 Å². The van der Waals surface area contributed by atoms with Gasteiger partial charge in [0.05, 0.1) is 17.6 Å². The molecule has 19 heavy (non-hydrogen) atoms. The molecule has 4 heteroatoms. The predicted molar refractivity (Wildman–Crippen MR) is 78.7 cm³/mol. The van der Waals surface area contributed by atoms with E-state index < -0.39 is 0 Å². The van der Waals surface area contributed by atoms with E-state index >= 15 is 0 Å². The van der Waals surface area contributed by atoms with Crippen LogP contribution in [0.4, 0.5) is 0 Å². The number of rotatable bonds is 6. The smallest absolute Gasteiger partial charge is 0.121 e. The van der Waals surface area contributed by atoms with Crippen LogP contribution in [0.25, 0.3) is 11.0 Å². The fraction of sp³-hybridized carbons (Fsp3) is 0.533. The number of imidazole rings is 1. The van der Waals surface area contributed by atoms with Crippen LogP contribution in [0.15, 0.2) is 18.2 Å². The summed E-state index contributed by atoms with van der Waals surface area (Å²) in [6.45, 7) is 7.73. The van der Waals surface area contributed by atoms with E-state index in [0.717, 1.165) is 29.9 Å². The molecule has 1 heterocycles. The summed E-state index contributed by atoms with van der Waals surface area (Å²) in [5, 5.41) is 0. The van der Waals surface area contributed by atoms with Gasteiger partial charge in [-0.1, -0.05) is 0 Å². The van der Waals surface area contributed by atoms with Gasteiger partial charge in [0.15, 0.2) is 0 Å². The van der Waals surface area contributed by atoms with Gasteiger partial charge in [0.2, 0.25) is 0 Å². The maximum Gasteiger partial charge on any atom is 0.121 e. The molecule has 0 bridgehead atoms. The van der Waals surface area contributed by atoms with Crippen LogP contribution in [0.1, 0.15) is 39.1 Å². The molecule has 2 N–H and O–H groups in total. The molecule has 0 unspecified atom stereocenters. The van der Waals surface area contributed by atoms with Crippen LogP contribution >= 0.6 is 0 Å². The molecule has 0 aliphatic heterocycles. The molecular weight excluding hydrogens is 238 g/mol. The number of aryl methyl sites for hydroxylation is 1. The second-order valence-electron chi connectivity index (χ2n) is 4.97. The molecule has 104 valence electrons. The minimum Gasteiger partial charge on any atom is -0.494 e. The number of hydrogen-bond donors (Lipinski definition) is 1. The van der Waals surface area contributed by atoms with Crippen molar-refractivity contribution in [1.29, 1.82) is 0 Å². The Bertz CT molecular complexity index is 546. The van der Waals surface area contributed by atoms with Crippen molar-refractivity contribution in [3.05, 3.63) is 24.0 Å². The Labute approximate surface area is 114 Å². The zero-order valence-corrected chi connectivity index (χ0v) is 12.0. The zero-order chi connectivity index (χ0) is 13.8. The second-order valence-corrected chi connectivity index (χ2v) is 4.97. The van der Waals surface area contributed by atoms with Crippen LogP contribution in [0.2, 0.25) is 0 Å². The molecule has 0 saturated heterocycles. The van der Waals surface area contributed by atoms with Gasteiger partial charge >= 0.3 is 0 Å². The molecule has 4 nitrogen and oxygen atoms in total. The maximum atomic E-state index is 5.60. The monoisotopic (exact) mass is 261 g/mol.